The van der Waals surface area contributed by atoms with Crippen LogP contribution in [0.3, 0.4) is 0 Å². The van der Waals surface area contributed by atoms with Crippen LogP contribution in [0.15, 0.2) is 35.0 Å². The van der Waals surface area contributed by atoms with Crippen LogP contribution < -0.4 is 4.43 Å². The van der Waals surface area contributed by atoms with Crippen molar-refractivity contribution in [2.45, 2.75) is 40.0 Å². The van der Waals surface area contributed by atoms with Gasteiger partial charge in [0.25, 0.3) is 5.95 Å². The van der Waals surface area contributed by atoms with E-state index in [0.717, 1.165) is 22.1 Å². The lowest BCUT2D eigenvalue weighted by Crippen LogP contribution is -2.13. The second-order valence-electron chi connectivity index (χ2n) is 7.01. The van der Waals surface area contributed by atoms with E-state index in [-0.39, 0.29) is 5.41 Å². The lowest BCUT2D eigenvalue weighted by atomic mass is 9.81. The molecule has 0 atom stereocenters. The number of fused-ring (bicyclic) bond motifs is 1. The predicted molar refractivity (Wildman–Crippen MR) is 98.2 cm³/mol. The number of aryl methyl sites for hydroxylation is 1. The molecule has 2 aromatic heterocycles. The number of hydrogen-bond acceptors (Lipinski definition) is 3. The highest BCUT2D eigenvalue weighted by Crippen LogP contribution is 2.44. The molecule has 0 amide bonds. The van der Waals surface area contributed by atoms with E-state index in [0.29, 0.717) is 16.4 Å². The zero-order valence-corrected chi connectivity index (χ0v) is 16.7. The van der Waals surface area contributed by atoms with E-state index < -0.39 is 0 Å². The molecule has 1 aromatic carbocycles. The van der Waals surface area contributed by atoms with Gasteiger partial charge in [0.05, 0.1) is 5.56 Å². The molecule has 3 aromatic rings. The van der Waals surface area contributed by atoms with Crippen molar-refractivity contribution >= 4 is 21.5 Å². The van der Waals surface area contributed by atoms with Gasteiger partial charge in [-0.3, -0.25) is 4.98 Å². The van der Waals surface area contributed by atoms with E-state index in [4.69, 9.17) is 8.84 Å². The van der Waals surface area contributed by atoms with Crippen LogP contribution in [0.1, 0.15) is 37.5 Å². The largest absolute Gasteiger partial charge is 0.528 e. The van der Waals surface area contributed by atoms with E-state index in [1.54, 1.807) is 6.20 Å². The maximum Gasteiger partial charge on any atom is 0.279 e. The predicted octanol–water partition coefficient (Wildman–Crippen LogP) is 4.07. The second-order valence-corrected chi connectivity index (χ2v) is 7.42. The average Bonchev–Trinajstić information content (AvgIpc) is 2.89. The van der Waals surface area contributed by atoms with Gasteiger partial charge in [-0.25, -0.2) is 0 Å². The standard InChI is InChI=1S/C19H23NO2Si/c1-11-12(2)16-15(9-14(11)19(3,4)5)21-18(22-23)17(16)13-7-6-8-20-10-13/h6-10H,1-5,23H3. The molecule has 0 aliphatic carbocycles. The maximum atomic E-state index is 6.06. The van der Waals surface area contributed by atoms with Crippen molar-refractivity contribution in [2.75, 3.05) is 0 Å². The minimum atomic E-state index is 0.0757. The number of rotatable bonds is 2. The highest BCUT2D eigenvalue weighted by molar-refractivity contribution is 6.04. The first-order valence-electron chi connectivity index (χ1n) is 7.86. The molecule has 0 aliphatic rings. The van der Waals surface area contributed by atoms with Gasteiger partial charge >= 0.3 is 0 Å². The molecule has 0 saturated carbocycles. The second kappa shape index (κ2) is 5.53. The number of nitrogens with zero attached hydrogens (tertiary/aromatic N) is 1. The quantitative estimate of drug-likeness (QED) is 0.666. The van der Waals surface area contributed by atoms with E-state index in [2.05, 4.69) is 45.7 Å². The number of furan rings is 1. The van der Waals surface area contributed by atoms with Crippen molar-refractivity contribution in [3.05, 3.63) is 47.3 Å². The highest BCUT2D eigenvalue weighted by atomic mass is 28.2. The molecule has 0 unspecified atom stereocenters. The molecule has 0 aliphatic heterocycles. The summed E-state index contributed by atoms with van der Waals surface area (Å²) in [6.07, 6.45) is 3.64. The van der Waals surface area contributed by atoms with Crippen LogP contribution in [-0.2, 0) is 5.41 Å². The first-order chi connectivity index (χ1) is 10.8. The third-order valence-electron chi connectivity index (χ3n) is 4.46. The zero-order valence-electron chi connectivity index (χ0n) is 14.7. The Labute approximate surface area is 140 Å². The van der Waals surface area contributed by atoms with Crippen molar-refractivity contribution in [3.8, 4) is 17.1 Å². The Hall–Kier alpha value is -2.07. The lowest BCUT2D eigenvalue weighted by Gasteiger charge is -2.23. The summed E-state index contributed by atoms with van der Waals surface area (Å²) < 4.78 is 11.7. The topological polar surface area (TPSA) is 35.3 Å². The molecule has 3 nitrogen and oxygen atoms in total. The van der Waals surface area contributed by atoms with Gasteiger partial charge in [-0.2, -0.15) is 0 Å². The van der Waals surface area contributed by atoms with Crippen molar-refractivity contribution in [1.29, 1.82) is 0 Å². The van der Waals surface area contributed by atoms with Crippen LogP contribution in [0.5, 0.6) is 5.95 Å². The average molecular weight is 325 g/mol. The Balaban J connectivity index is 2.40. The van der Waals surface area contributed by atoms with Gasteiger partial charge in [-0.05, 0) is 48.1 Å². The molecule has 2 heterocycles. The van der Waals surface area contributed by atoms with Crippen LogP contribution in [0, 0.1) is 13.8 Å². The molecule has 0 N–H and O–H groups in total. The Kier molecular flexibility index (Phi) is 3.80. The molecule has 23 heavy (non-hydrogen) atoms. The summed E-state index contributed by atoms with van der Waals surface area (Å²) in [6.45, 7) is 11.1. The monoisotopic (exact) mass is 325 g/mol. The van der Waals surface area contributed by atoms with E-state index >= 15 is 0 Å². The fourth-order valence-corrected chi connectivity index (χ4v) is 3.51. The summed E-state index contributed by atoms with van der Waals surface area (Å²) in [7, 11) is 0.586. The Morgan fingerprint density at radius 3 is 2.48 bits per heavy atom. The third-order valence-corrected chi connectivity index (χ3v) is 4.83. The minimum absolute atomic E-state index is 0.0757. The van der Waals surface area contributed by atoms with Gasteiger partial charge in [-0.1, -0.05) is 26.8 Å². The van der Waals surface area contributed by atoms with Gasteiger partial charge < -0.3 is 8.84 Å². The smallest absolute Gasteiger partial charge is 0.279 e. The zero-order chi connectivity index (χ0) is 16.8. The number of benzene rings is 1. The normalized spacial score (nSPS) is 12.0. The van der Waals surface area contributed by atoms with Crippen LogP contribution in [-0.4, -0.2) is 15.5 Å². The molecule has 120 valence electrons. The molecule has 0 bridgehead atoms. The summed E-state index contributed by atoms with van der Waals surface area (Å²) in [4.78, 5) is 4.25. The van der Waals surface area contributed by atoms with Gasteiger partial charge in [0, 0.05) is 23.3 Å². The molecule has 0 radical (unpaired) electrons. The van der Waals surface area contributed by atoms with Crippen LogP contribution in [0.2, 0.25) is 0 Å². The van der Waals surface area contributed by atoms with Gasteiger partial charge in [0.15, 0.2) is 0 Å². The summed E-state index contributed by atoms with van der Waals surface area (Å²) in [6, 6.07) is 6.16. The van der Waals surface area contributed by atoms with Gasteiger partial charge in [0.1, 0.15) is 5.58 Å². The maximum absolute atomic E-state index is 6.06. The Bertz CT molecular complexity index is 861. The van der Waals surface area contributed by atoms with Crippen molar-refractivity contribution in [2.24, 2.45) is 0 Å². The van der Waals surface area contributed by atoms with Crippen molar-refractivity contribution in [1.82, 2.24) is 4.98 Å². The first kappa shape index (κ1) is 15.8. The van der Waals surface area contributed by atoms with Crippen LogP contribution >= 0.6 is 0 Å². The summed E-state index contributed by atoms with van der Waals surface area (Å²) in [5.74, 6) is 0.605. The minimum Gasteiger partial charge on any atom is -0.528 e. The lowest BCUT2D eigenvalue weighted by molar-refractivity contribution is 0.432. The Morgan fingerprint density at radius 2 is 1.91 bits per heavy atom. The molecule has 4 heteroatoms. The first-order valence-corrected chi connectivity index (χ1v) is 8.67. The molecule has 0 fully saturated rings. The third kappa shape index (κ3) is 2.57. The summed E-state index contributed by atoms with van der Waals surface area (Å²) in [5, 5.41) is 1.13. The summed E-state index contributed by atoms with van der Waals surface area (Å²) >= 11 is 0. The molecule has 0 saturated heterocycles. The van der Waals surface area contributed by atoms with Crippen molar-refractivity contribution < 1.29 is 8.84 Å². The number of pyridine rings is 1. The number of hydrogen-bond donors (Lipinski definition) is 0. The van der Waals surface area contributed by atoms with E-state index in [1.807, 2.05) is 18.3 Å². The molecular formula is C19H23NO2Si. The fraction of sp³-hybridized carbons (Fsp3) is 0.316. The summed E-state index contributed by atoms with van der Waals surface area (Å²) in [5.41, 5.74) is 6.89. The number of aromatic nitrogens is 1. The van der Waals surface area contributed by atoms with Crippen molar-refractivity contribution in [3.63, 3.8) is 0 Å². The van der Waals surface area contributed by atoms with Crippen LogP contribution in [0.4, 0.5) is 0 Å². The van der Waals surface area contributed by atoms with Gasteiger partial charge in [-0.15, -0.1) is 0 Å². The van der Waals surface area contributed by atoms with E-state index in [9.17, 15) is 0 Å². The van der Waals surface area contributed by atoms with E-state index in [1.165, 1.54) is 16.7 Å². The highest BCUT2D eigenvalue weighted by Gasteiger charge is 2.24. The molecule has 0 spiro atoms. The van der Waals surface area contributed by atoms with Gasteiger partial charge in [0.2, 0.25) is 10.5 Å². The van der Waals surface area contributed by atoms with Crippen LogP contribution in [0.25, 0.3) is 22.1 Å². The molecule has 3 rings (SSSR count). The Morgan fingerprint density at radius 1 is 1.17 bits per heavy atom. The SMILES string of the molecule is Cc1c(C(C)(C)C)cc2oc(O[SiH3])c(-c3cccnc3)c2c1C. The fourth-order valence-electron chi connectivity index (χ4n) is 3.23. The molecular weight excluding hydrogens is 302 g/mol.